The zero-order chi connectivity index (χ0) is 10.8. The molecule has 1 saturated carbocycles. The van der Waals surface area contributed by atoms with E-state index in [1.54, 1.807) is 7.11 Å². The molecule has 3 heteroatoms. The minimum atomic E-state index is -0.372. The Morgan fingerprint density at radius 2 is 2.00 bits per heavy atom. The summed E-state index contributed by atoms with van der Waals surface area (Å²) in [5.74, 6) is 0.263. The summed E-state index contributed by atoms with van der Waals surface area (Å²) in [6.07, 6.45) is 2.92. The van der Waals surface area contributed by atoms with Gasteiger partial charge in [0.1, 0.15) is 5.60 Å². The van der Waals surface area contributed by atoms with Crippen LogP contribution in [0.5, 0.6) is 0 Å². The van der Waals surface area contributed by atoms with Crippen molar-refractivity contribution < 1.29 is 14.3 Å². The van der Waals surface area contributed by atoms with Gasteiger partial charge in [-0.25, -0.2) is 0 Å². The van der Waals surface area contributed by atoms with Crippen LogP contribution in [0.2, 0.25) is 0 Å². The third-order valence-electron chi connectivity index (χ3n) is 2.50. The predicted molar refractivity (Wildman–Crippen MR) is 54.0 cm³/mol. The second-order valence-corrected chi connectivity index (χ2v) is 4.90. The molecular formula is C11H20O3. The van der Waals surface area contributed by atoms with Gasteiger partial charge in [0.05, 0.1) is 12.5 Å². The lowest BCUT2D eigenvalue weighted by Gasteiger charge is -2.35. The molecule has 0 spiro atoms. The maximum atomic E-state index is 11.4. The molecule has 0 radical (unpaired) electrons. The highest BCUT2D eigenvalue weighted by atomic mass is 16.6. The smallest absolute Gasteiger partial charge is 0.306 e. The van der Waals surface area contributed by atoms with E-state index in [0.29, 0.717) is 12.3 Å². The van der Waals surface area contributed by atoms with E-state index in [-0.39, 0.29) is 17.7 Å². The van der Waals surface area contributed by atoms with Gasteiger partial charge in [0, 0.05) is 7.11 Å². The van der Waals surface area contributed by atoms with Gasteiger partial charge < -0.3 is 9.47 Å². The van der Waals surface area contributed by atoms with Crippen LogP contribution in [0.25, 0.3) is 0 Å². The maximum Gasteiger partial charge on any atom is 0.306 e. The van der Waals surface area contributed by atoms with E-state index in [1.165, 1.54) is 0 Å². The van der Waals surface area contributed by atoms with Gasteiger partial charge in [0.2, 0.25) is 0 Å². The minimum Gasteiger partial charge on any atom is -0.460 e. The van der Waals surface area contributed by atoms with E-state index < -0.39 is 0 Å². The van der Waals surface area contributed by atoms with Gasteiger partial charge in [-0.1, -0.05) is 0 Å². The molecule has 0 aromatic rings. The zero-order valence-corrected chi connectivity index (χ0v) is 9.50. The largest absolute Gasteiger partial charge is 0.460 e. The normalized spacial score (nSPS) is 26.9. The lowest BCUT2D eigenvalue weighted by atomic mass is 9.79. The number of rotatable bonds is 3. The predicted octanol–water partition coefficient (Wildman–Crippen LogP) is 2.14. The Morgan fingerprint density at radius 3 is 2.36 bits per heavy atom. The van der Waals surface area contributed by atoms with Crippen LogP contribution in [0.1, 0.15) is 40.0 Å². The summed E-state index contributed by atoms with van der Waals surface area (Å²) in [6, 6.07) is 0. The van der Waals surface area contributed by atoms with E-state index in [9.17, 15) is 4.79 Å². The third kappa shape index (κ3) is 3.29. The molecule has 0 bridgehead atoms. The number of esters is 1. The highest BCUT2D eigenvalue weighted by Crippen LogP contribution is 2.33. The minimum absolute atomic E-state index is 0.107. The Hall–Kier alpha value is -0.570. The van der Waals surface area contributed by atoms with E-state index in [1.807, 2.05) is 20.8 Å². The second kappa shape index (κ2) is 4.30. The van der Waals surface area contributed by atoms with Crippen molar-refractivity contribution in [3.05, 3.63) is 0 Å². The third-order valence-corrected chi connectivity index (χ3v) is 2.50. The van der Waals surface area contributed by atoms with Gasteiger partial charge in [-0.15, -0.1) is 0 Å². The SMILES string of the molecule is CO[C@H]1CC[C@@H]1CC(=O)OC(C)(C)C. The van der Waals surface area contributed by atoms with Crippen LogP contribution in [0, 0.1) is 5.92 Å². The first-order valence-corrected chi connectivity index (χ1v) is 5.17. The molecule has 0 amide bonds. The molecule has 2 atom stereocenters. The summed E-state index contributed by atoms with van der Waals surface area (Å²) in [6.45, 7) is 5.67. The first kappa shape index (κ1) is 11.5. The van der Waals surface area contributed by atoms with E-state index >= 15 is 0 Å². The van der Waals surface area contributed by atoms with Crippen molar-refractivity contribution in [2.45, 2.75) is 51.7 Å². The van der Waals surface area contributed by atoms with Crippen molar-refractivity contribution in [3.63, 3.8) is 0 Å². The molecule has 1 aliphatic carbocycles. The molecule has 82 valence electrons. The first-order chi connectivity index (χ1) is 6.42. The van der Waals surface area contributed by atoms with Crippen molar-refractivity contribution in [1.82, 2.24) is 0 Å². The number of ether oxygens (including phenoxy) is 2. The molecule has 1 rings (SSSR count). The van der Waals surface area contributed by atoms with Crippen LogP contribution < -0.4 is 0 Å². The van der Waals surface area contributed by atoms with E-state index in [2.05, 4.69) is 0 Å². The van der Waals surface area contributed by atoms with Crippen molar-refractivity contribution >= 4 is 5.97 Å². The number of carbonyl (C=O) groups excluding carboxylic acids is 1. The summed E-state index contributed by atoms with van der Waals surface area (Å²) in [5.41, 5.74) is -0.372. The molecule has 3 nitrogen and oxygen atoms in total. The highest BCUT2D eigenvalue weighted by Gasteiger charge is 2.33. The van der Waals surface area contributed by atoms with Crippen molar-refractivity contribution in [2.75, 3.05) is 7.11 Å². The highest BCUT2D eigenvalue weighted by molar-refractivity contribution is 5.70. The van der Waals surface area contributed by atoms with Crippen LogP contribution in [0.3, 0.4) is 0 Å². The molecule has 1 aliphatic rings. The average molecular weight is 200 g/mol. The van der Waals surface area contributed by atoms with Crippen LogP contribution in [-0.2, 0) is 14.3 Å². The molecule has 1 fully saturated rings. The number of hydrogen-bond donors (Lipinski definition) is 0. The fourth-order valence-corrected chi connectivity index (χ4v) is 1.68. The molecular weight excluding hydrogens is 180 g/mol. The van der Waals surface area contributed by atoms with Crippen molar-refractivity contribution in [2.24, 2.45) is 5.92 Å². The fraction of sp³-hybridized carbons (Fsp3) is 0.909. The Balaban J connectivity index is 2.27. The Kier molecular flexibility index (Phi) is 3.53. The average Bonchev–Trinajstić information content (AvgIpc) is 1.96. The molecule has 0 N–H and O–H groups in total. The number of carbonyl (C=O) groups is 1. The monoisotopic (exact) mass is 200 g/mol. The second-order valence-electron chi connectivity index (χ2n) is 4.90. The molecule has 0 aromatic heterocycles. The topological polar surface area (TPSA) is 35.5 Å². The van der Waals surface area contributed by atoms with Gasteiger partial charge in [-0.3, -0.25) is 4.79 Å². The lowest BCUT2D eigenvalue weighted by molar-refractivity contribution is -0.159. The Morgan fingerprint density at radius 1 is 1.36 bits per heavy atom. The zero-order valence-electron chi connectivity index (χ0n) is 9.50. The van der Waals surface area contributed by atoms with Gasteiger partial charge >= 0.3 is 5.97 Å². The quantitative estimate of drug-likeness (QED) is 0.655. The van der Waals surface area contributed by atoms with E-state index in [0.717, 1.165) is 12.8 Å². The summed E-state index contributed by atoms with van der Waals surface area (Å²) < 4.78 is 10.5. The number of hydrogen-bond acceptors (Lipinski definition) is 3. The van der Waals surface area contributed by atoms with Crippen LogP contribution in [-0.4, -0.2) is 24.8 Å². The standard InChI is InChI=1S/C11H20O3/c1-11(2,3)14-10(12)7-8-5-6-9(8)13-4/h8-9H,5-7H2,1-4H3/t8-,9+/m1/s1. The lowest BCUT2D eigenvalue weighted by Crippen LogP contribution is -2.36. The summed E-state index contributed by atoms with van der Waals surface area (Å²) >= 11 is 0. The Labute approximate surface area is 85.8 Å². The van der Waals surface area contributed by atoms with Crippen LogP contribution in [0.15, 0.2) is 0 Å². The van der Waals surface area contributed by atoms with Crippen LogP contribution in [0.4, 0.5) is 0 Å². The van der Waals surface area contributed by atoms with Gasteiger partial charge in [-0.2, -0.15) is 0 Å². The van der Waals surface area contributed by atoms with Gasteiger partial charge in [-0.05, 0) is 39.5 Å². The molecule has 0 unspecified atom stereocenters. The van der Waals surface area contributed by atoms with E-state index in [4.69, 9.17) is 9.47 Å². The first-order valence-electron chi connectivity index (χ1n) is 5.17. The summed E-state index contributed by atoms with van der Waals surface area (Å²) in [5, 5.41) is 0. The number of methoxy groups -OCH3 is 1. The molecule has 0 aromatic carbocycles. The molecule has 14 heavy (non-hydrogen) atoms. The van der Waals surface area contributed by atoms with Crippen molar-refractivity contribution in [3.8, 4) is 0 Å². The summed E-state index contributed by atoms with van der Waals surface area (Å²) in [4.78, 5) is 11.4. The maximum absolute atomic E-state index is 11.4. The Bertz CT molecular complexity index is 203. The van der Waals surface area contributed by atoms with Gasteiger partial charge in [0.15, 0.2) is 0 Å². The van der Waals surface area contributed by atoms with Crippen molar-refractivity contribution in [1.29, 1.82) is 0 Å². The molecule has 0 heterocycles. The molecule has 0 saturated heterocycles. The molecule has 0 aliphatic heterocycles. The van der Waals surface area contributed by atoms with Crippen LogP contribution >= 0.6 is 0 Å². The fourth-order valence-electron chi connectivity index (χ4n) is 1.68. The van der Waals surface area contributed by atoms with Gasteiger partial charge in [0.25, 0.3) is 0 Å². The summed E-state index contributed by atoms with van der Waals surface area (Å²) in [7, 11) is 1.70.